The van der Waals surface area contributed by atoms with Gasteiger partial charge in [-0.3, -0.25) is 4.98 Å². The van der Waals surface area contributed by atoms with Gasteiger partial charge in [0.25, 0.3) is 0 Å². The van der Waals surface area contributed by atoms with Gasteiger partial charge in [-0.15, -0.1) is 0 Å². The van der Waals surface area contributed by atoms with Crippen LogP contribution in [0.15, 0.2) is 30.5 Å². The second-order valence-electron chi connectivity index (χ2n) is 4.83. The van der Waals surface area contributed by atoms with Crippen molar-refractivity contribution in [2.45, 2.75) is 32.2 Å². The topological polar surface area (TPSA) is 59.9 Å². The minimum Gasteiger partial charge on any atom is -0.478 e. The lowest BCUT2D eigenvalue weighted by Crippen LogP contribution is -2.07. The van der Waals surface area contributed by atoms with Gasteiger partial charge in [0.1, 0.15) is 11.6 Å². The molecule has 2 aromatic rings. The van der Waals surface area contributed by atoms with Gasteiger partial charge in [-0.2, -0.15) is 4.98 Å². The van der Waals surface area contributed by atoms with Crippen LogP contribution in [-0.4, -0.2) is 21.6 Å². The van der Waals surface area contributed by atoms with E-state index in [1.165, 1.54) is 12.8 Å². The van der Waals surface area contributed by atoms with Crippen molar-refractivity contribution in [3.05, 3.63) is 42.0 Å². The van der Waals surface area contributed by atoms with Crippen molar-refractivity contribution in [2.75, 3.05) is 11.9 Å². The van der Waals surface area contributed by atoms with Crippen LogP contribution in [0.3, 0.4) is 0 Å². The summed E-state index contributed by atoms with van der Waals surface area (Å²) >= 11 is 0. The highest BCUT2D eigenvalue weighted by Crippen LogP contribution is 2.39. The summed E-state index contributed by atoms with van der Waals surface area (Å²) in [4.78, 5) is 13.3. The van der Waals surface area contributed by atoms with Gasteiger partial charge in [0.15, 0.2) is 0 Å². The lowest BCUT2D eigenvalue weighted by molar-refractivity contribution is 0.325. The summed E-state index contributed by atoms with van der Waals surface area (Å²) in [6.07, 6.45) is 4.14. The molecule has 20 heavy (non-hydrogen) atoms. The van der Waals surface area contributed by atoms with Gasteiger partial charge in [0.2, 0.25) is 5.88 Å². The Labute approximate surface area is 118 Å². The smallest absolute Gasteiger partial charge is 0.218 e. The van der Waals surface area contributed by atoms with Crippen molar-refractivity contribution in [1.29, 1.82) is 0 Å². The fraction of sp³-hybridized carbons (Fsp3) is 0.400. The monoisotopic (exact) mass is 270 g/mol. The van der Waals surface area contributed by atoms with Crippen molar-refractivity contribution >= 4 is 5.82 Å². The Morgan fingerprint density at radius 2 is 2.20 bits per heavy atom. The van der Waals surface area contributed by atoms with Gasteiger partial charge >= 0.3 is 0 Å². The van der Waals surface area contributed by atoms with E-state index in [0.717, 1.165) is 17.3 Å². The first-order valence-corrected chi connectivity index (χ1v) is 7.00. The molecule has 5 heteroatoms. The molecule has 0 saturated heterocycles. The summed E-state index contributed by atoms with van der Waals surface area (Å²) < 4.78 is 5.51. The minimum atomic E-state index is 0.505. The van der Waals surface area contributed by atoms with E-state index in [1.807, 2.05) is 31.2 Å². The molecular weight excluding hydrogens is 252 g/mol. The molecule has 0 unspecified atom stereocenters. The lowest BCUT2D eigenvalue weighted by atomic mass is 10.3. The zero-order valence-electron chi connectivity index (χ0n) is 11.5. The SMILES string of the molecule is CCOc1cc(NCc2ccccn2)nc(C2CC2)n1. The second-order valence-corrected chi connectivity index (χ2v) is 4.83. The van der Waals surface area contributed by atoms with E-state index in [4.69, 9.17) is 4.74 Å². The molecule has 1 N–H and O–H groups in total. The third-order valence-electron chi connectivity index (χ3n) is 3.13. The highest BCUT2D eigenvalue weighted by Gasteiger charge is 2.27. The predicted molar refractivity (Wildman–Crippen MR) is 76.7 cm³/mol. The van der Waals surface area contributed by atoms with E-state index >= 15 is 0 Å². The Hall–Kier alpha value is -2.17. The fourth-order valence-corrected chi connectivity index (χ4v) is 1.96. The minimum absolute atomic E-state index is 0.505. The molecule has 0 amide bonds. The molecule has 104 valence electrons. The molecule has 2 aromatic heterocycles. The number of rotatable bonds is 6. The van der Waals surface area contributed by atoms with Crippen LogP contribution in [0.25, 0.3) is 0 Å². The molecule has 5 nitrogen and oxygen atoms in total. The Kier molecular flexibility index (Phi) is 3.76. The van der Waals surface area contributed by atoms with Crippen molar-refractivity contribution in [3.8, 4) is 5.88 Å². The van der Waals surface area contributed by atoms with Crippen molar-refractivity contribution in [3.63, 3.8) is 0 Å². The number of pyridine rings is 1. The van der Waals surface area contributed by atoms with Crippen LogP contribution >= 0.6 is 0 Å². The standard InChI is InChI=1S/C15H18N4O/c1-2-20-14-9-13(18-15(19-14)11-6-7-11)17-10-12-5-3-4-8-16-12/h3-5,8-9,11H,2,6-7,10H2,1H3,(H,17,18,19). The van der Waals surface area contributed by atoms with Gasteiger partial charge in [-0.05, 0) is 31.9 Å². The summed E-state index contributed by atoms with van der Waals surface area (Å²) in [6.45, 7) is 3.22. The molecular formula is C15H18N4O. The molecule has 0 aliphatic heterocycles. The highest BCUT2D eigenvalue weighted by atomic mass is 16.5. The van der Waals surface area contributed by atoms with E-state index < -0.39 is 0 Å². The average molecular weight is 270 g/mol. The maximum absolute atomic E-state index is 5.51. The molecule has 1 fully saturated rings. The normalized spacial score (nSPS) is 14.1. The van der Waals surface area contributed by atoms with Crippen LogP contribution in [0.4, 0.5) is 5.82 Å². The van der Waals surface area contributed by atoms with E-state index in [-0.39, 0.29) is 0 Å². The molecule has 0 aromatic carbocycles. The Bertz CT molecular complexity index is 569. The summed E-state index contributed by atoms with van der Waals surface area (Å²) in [6, 6.07) is 7.72. The zero-order chi connectivity index (χ0) is 13.8. The molecule has 1 saturated carbocycles. The van der Waals surface area contributed by atoms with E-state index in [2.05, 4.69) is 20.3 Å². The maximum atomic E-state index is 5.51. The fourth-order valence-electron chi connectivity index (χ4n) is 1.96. The van der Waals surface area contributed by atoms with E-state index in [0.29, 0.717) is 24.9 Å². The molecule has 0 spiro atoms. The molecule has 1 aliphatic rings. The summed E-state index contributed by atoms with van der Waals surface area (Å²) in [5.74, 6) is 2.84. The maximum Gasteiger partial charge on any atom is 0.218 e. The van der Waals surface area contributed by atoms with E-state index in [9.17, 15) is 0 Å². The number of aromatic nitrogens is 3. The highest BCUT2D eigenvalue weighted by molar-refractivity contribution is 5.39. The molecule has 3 rings (SSSR count). The summed E-state index contributed by atoms with van der Waals surface area (Å²) in [7, 11) is 0. The number of hydrogen-bond acceptors (Lipinski definition) is 5. The Balaban J connectivity index is 1.74. The number of nitrogens with one attached hydrogen (secondary N) is 1. The number of nitrogens with zero attached hydrogens (tertiary/aromatic N) is 3. The van der Waals surface area contributed by atoms with Crippen LogP contribution < -0.4 is 10.1 Å². The molecule has 2 heterocycles. The number of anilines is 1. The molecule has 0 bridgehead atoms. The predicted octanol–water partition coefficient (Wildman–Crippen LogP) is 2.76. The van der Waals surface area contributed by atoms with Crippen molar-refractivity contribution in [2.24, 2.45) is 0 Å². The summed E-state index contributed by atoms with van der Waals surface area (Å²) in [5.41, 5.74) is 0.983. The zero-order valence-corrected chi connectivity index (χ0v) is 11.5. The third-order valence-corrected chi connectivity index (χ3v) is 3.13. The van der Waals surface area contributed by atoms with E-state index in [1.54, 1.807) is 6.20 Å². The van der Waals surface area contributed by atoms with Crippen LogP contribution in [0.2, 0.25) is 0 Å². The first-order chi connectivity index (χ1) is 9.85. The van der Waals surface area contributed by atoms with Gasteiger partial charge in [-0.25, -0.2) is 4.98 Å². The molecule has 1 aliphatic carbocycles. The molecule has 0 radical (unpaired) electrons. The quantitative estimate of drug-likeness (QED) is 0.874. The third kappa shape index (κ3) is 3.23. The van der Waals surface area contributed by atoms with Crippen LogP contribution in [0.1, 0.15) is 37.2 Å². The molecule has 0 atom stereocenters. The van der Waals surface area contributed by atoms with Gasteiger partial charge < -0.3 is 10.1 Å². The van der Waals surface area contributed by atoms with Gasteiger partial charge in [0, 0.05) is 18.2 Å². The number of hydrogen-bond donors (Lipinski definition) is 1. The van der Waals surface area contributed by atoms with Crippen LogP contribution in [0.5, 0.6) is 5.88 Å². The van der Waals surface area contributed by atoms with Crippen LogP contribution in [0, 0.1) is 0 Å². The van der Waals surface area contributed by atoms with Gasteiger partial charge in [0.05, 0.1) is 18.8 Å². The Morgan fingerprint density at radius 3 is 2.90 bits per heavy atom. The van der Waals surface area contributed by atoms with Gasteiger partial charge in [-0.1, -0.05) is 6.07 Å². The van der Waals surface area contributed by atoms with Crippen molar-refractivity contribution < 1.29 is 4.74 Å². The van der Waals surface area contributed by atoms with Crippen molar-refractivity contribution in [1.82, 2.24) is 15.0 Å². The first-order valence-electron chi connectivity index (χ1n) is 7.00. The average Bonchev–Trinajstić information content (AvgIpc) is 3.31. The first kappa shape index (κ1) is 12.8. The van der Waals surface area contributed by atoms with Crippen LogP contribution in [-0.2, 0) is 6.54 Å². The Morgan fingerprint density at radius 1 is 1.30 bits per heavy atom. The number of ether oxygens (including phenoxy) is 1. The summed E-state index contributed by atoms with van der Waals surface area (Å²) in [5, 5.41) is 3.29. The largest absolute Gasteiger partial charge is 0.478 e. The second kappa shape index (κ2) is 5.86. The lowest BCUT2D eigenvalue weighted by Gasteiger charge is -2.09.